The monoisotopic (exact) mass is 534 g/mol. The maximum atomic E-state index is 13.6. The topological polar surface area (TPSA) is 123 Å². The van der Waals surface area contributed by atoms with Crippen molar-refractivity contribution in [2.45, 2.75) is 31.0 Å². The Balaban J connectivity index is 2.04. The SMILES string of the molecule is C=CCOCC(O)COCC(F)(F)OC(F)(F)COCOCCOCC(O)COCc1ccnn1C. The molecular formula is C21H34F4N2O9. The molecule has 1 aromatic rings. The van der Waals surface area contributed by atoms with Crippen LogP contribution < -0.4 is 0 Å². The number of hydrogen-bond acceptors (Lipinski definition) is 10. The zero-order chi connectivity index (χ0) is 26.9. The molecule has 0 spiro atoms. The van der Waals surface area contributed by atoms with Crippen molar-refractivity contribution in [3.05, 3.63) is 30.6 Å². The molecule has 2 atom stereocenters. The number of aliphatic hydroxyl groups is 2. The fourth-order valence-electron chi connectivity index (χ4n) is 2.43. The zero-order valence-corrected chi connectivity index (χ0v) is 20.0. The Morgan fingerprint density at radius 1 is 0.917 bits per heavy atom. The summed E-state index contributed by atoms with van der Waals surface area (Å²) in [5, 5.41) is 23.2. The molecule has 0 saturated carbocycles. The molecule has 1 heterocycles. The van der Waals surface area contributed by atoms with Gasteiger partial charge >= 0.3 is 12.2 Å². The highest BCUT2D eigenvalue weighted by molar-refractivity contribution is 4.97. The van der Waals surface area contributed by atoms with Crippen LogP contribution in [0.5, 0.6) is 0 Å². The number of aromatic nitrogens is 2. The summed E-state index contributed by atoms with van der Waals surface area (Å²) in [6.07, 6.45) is -7.71. The van der Waals surface area contributed by atoms with E-state index in [2.05, 4.69) is 25.9 Å². The molecule has 210 valence electrons. The van der Waals surface area contributed by atoms with Crippen molar-refractivity contribution >= 4 is 0 Å². The van der Waals surface area contributed by atoms with Gasteiger partial charge in [0.1, 0.15) is 32.2 Å². The zero-order valence-electron chi connectivity index (χ0n) is 20.0. The summed E-state index contributed by atoms with van der Waals surface area (Å²) in [5.41, 5.74) is 0.838. The summed E-state index contributed by atoms with van der Waals surface area (Å²) >= 11 is 0. The molecule has 0 amide bonds. The predicted molar refractivity (Wildman–Crippen MR) is 115 cm³/mol. The fourth-order valence-corrected chi connectivity index (χ4v) is 2.43. The maximum absolute atomic E-state index is 13.6. The first kappa shape index (κ1) is 32.3. The predicted octanol–water partition coefficient (Wildman–Crippen LogP) is 1.09. The Kier molecular flexibility index (Phi) is 15.9. The van der Waals surface area contributed by atoms with Crippen molar-refractivity contribution in [1.29, 1.82) is 0 Å². The number of aliphatic hydroxyl groups excluding tert-OH is 2. The Morgan fingerprint density at radius 2 is 1.50 bits per heavy atom. The Labute approximate surface area is 206 Å². The van der Waals surface area contributed by atoms with E-state index in [0.29, 0.717) is 0 Å². The number of ether oxygens (including phenoxy) is 7. The lowest BCUT2D eigenvalue weighted by Gasteiger charge is -2.24. The average Bonchev–Trinajstić information content (AvgIpc) is 3.19. The van der Waals surface area contributed by atoms with Gasteiger partial charge in [0.05, 0.1) is 58.5 Å². The van der Waals surface area contributed by atoms with E-state index in [1.165, 1.54) is 6.08 Å². The molecule has 2 N–H and O–H groups in total. The number of hydrogen-bond donors (Lipinski definition) is 2. The van der Waals surface area contributed by atoms with E-state index in [1.54, 1.807) is 24.0 Å². The van der Waals surface area contributed by atoms with E-state index in [0.717, 1.165) is 5.69 Å². The molecule has 0 saturated heterocycles. The first-order chi connectivity index (χ1) is 17.0. The van der Waals surface area contributed by atoms with Gasteiger partial charge in [-0.05, 0) is 6.07 Å². The number of aryl methyl sites for hydroxylation is 1. The van der Waals surface area contributed by atoms with Gasteiger partial charge in [0.2, 0.25) is 0 Å². The minimum Gasteiger partial charge on any atom is -0.388 e. The van der Waals surface area contributed by atoms with E-state index in [1.807, 2.05) is 0 Å². The summed E-state index contributed by atoms with van der Waals surface area (Å²) in [7, 11) is 1.76. The third kappa shape index (κ3) is 16.1. The minimum absolute atomic E-state index is 0.0228. The highest BCUT2D eigenvalue weighted by Gasteiger charge is 2.44. The normalized spacial score (nSPS) is 14.2. The number of alkyl halides is 4. The molecule has 0 radical (unpaired) electrons. The average molecular weight is 535 g/mol. The Bertz CT molecular complexity index is 713. The van der Waals surface area contributed by atoms with Crippen LogP contribution >= 0.6 is 0 Å². The molecule has 36 heavy (non-hydrogen) atoms. The van der Waals surface area contributed by atoms with Gasteiger partial charge in [-0.3, -0.25) is 9.42 Å². The van der Waals surface area contributed by atoms with Crippen molar-refractivity contribution in [3.8, 4) is 0 Å². The van der Waals surface area contributed by atoms with Crippen LogP contribution in [0.1, 0.15) is 5.69 Å². The van der Waals surface area contributed by atoms with Gasteiger partial charge in [0, 0.05) is 13.2 Å². The summed E-state index contributed by atoms with van der Waals surface area (Å²) < 4.78 is 88.6. The lowest BCUT2D eigenvalue weighted by Crippen LogP contribution is -2.40. The maximum Gasteiger partial charge on any atom is 0.383 e. The van der Waals surface area contributed by atoms with Gasteiger partial charge in [0.15, 0.2) is 0 Å². The van der Waals surface area contributed by atoms with Crippen LogP contribution in [-0.4, -0.2) is 111 Å². The summed E-state index contributed by atoms with van der Waals surface area (Å²) in [4.78, 5) is 0. The molecule has 15 heteroatoms. The van der Waals surface area contributed by atoms with Gasteiger partial charge in [-0.25, -0.2) is 0 Å². The second-order valence-corrected chi connectivity index (χ2v) is 7.44. The van der Waals surface area contributed by atoms with Crippen molar-refractivity contribution in [2.75, 3.05) is 66.3 Å². The highest BCUT2D eigenvalue weighted by atomic mass is 19.3. The molecule has 11 nitrogen and oxygen atoms in total. The van der Waals surface area contributed by atoms with Crippen LogP contribution in [0.2, 0.25) is 0 Å². The van der Waals surface area contributed by atoms with E-state index in [4.69, 9.17) is 18.9 Å². The Hall–Kier alpha value is -1.69. The minimum atomic E-state index is -4.33. The van der Waals surface area contributed by atoms with Crippen LogP contribution in [-0.2, 0) is 46.8 Å². The third-order valence-corrected chi connectivity index (χ3v) is 4.03. The number of nitrogens with zero attached hydrogens (tertiary/aromatic N) is 2. The third-order valence-electron chi connectivity index (χ3n) is 4.03. The summed E-state index contributed by atoms with van der Waals surface area (Å²) in [5.74, 6) is 0. The molecule has 0 bridgehead atoms. The van der Waals surface area contributed by atoms with Crippen molar-refractivity contribution in [2.24, 2.45) is 7.05 Å². The lowest BCUT2D eigenvalue weighted by molar-refractivity contribution is -0.396. The first-order valence-electron chi connectivity index (χ1n) is 10.9. The highest BCUT2D eigenvalue weighted by Crippen LogP contribution is 2.27. The molecule has 1 aromatic heterocycles. The van der Waals surface area contributed by atoms with Crippen LogP contribution in [0.25, 0.3) is 0 Å². The van der Waals surface area contributed by atoms with E-state index in [9.17, 15) is 27.8 Å². The molecule has 1 rings (SSSR count). The molecule has 0 aliphatic rings. The van der Waals surface area contributed by atoms with Crippen LogP contribution in [0.4, 0.5) is 17.6 Å². The quantitative estimate of drug-likeness (QED) is 0.0913. The molecule has 0 aliphatic heterocycles. The van der Waals surface area contributed by atoms with Gasteiger partial charge in [-0.15, -0.1) is 6.58 Å². The van der Waals surface area contributed by atoms with Crippen LogP contribution in [0.3, 0.4) is 0 Å². The van der Waals surface area contributed by atoms with Crippen LogP contribution in [0.15, 0.2) is 24.9 Å². The molecule has 0 aromatic carbocycles. The van der Waals surface area contributed by atoms with Gasteiger partial charge < -0.3 is 38.6 Å². The number of rotatable bonds is 23. The number of halogens is 4. The standard InChI is InChI=1S/C21H34F4N2O9/c1-3-6-30-10-19(29)13-34-14-20(22,23)36-21(24,25)15-35-16-32-8-7-31-11-18(28)12-33-9-17-4-5-26-27(17)2/h3-5,18-19,28-29H,1,6-16H2,2H3. The van der Waals surface area contributed by atoms with Gasteiger partial charge in [-0.2, -0.15) is 22.7 Å². The summed E-state index contributed by atoms with van der Waals surface area (Å²) in [6, 6.07) is 1.78. The largest absolute Gasteiger partial charge is 0.388 e. The van der Waals surface area contributed by atoms with Gasteiger partial charge in [0.25, 0.3) is 0 Å². The van der Waals surface area contributed by atoms with Crippen molar-refractivity contribution < 1.29 is 60.9 Å². The lowest BCUT2D eigenvalue weighted by atomic mass is 10.4. The van der Waals surface area contributed by atoms with Crippen molar-refractivity contribution in [3.63, 3.8) is 0 Å². The molecular weight excluding hydrogens is 500 g/mol. The fraction of sp³-hybridized carbons (Fsp3) is 0.762. The van der Waals surface area contributed by atoms with Crippen LogP contribution in [0, 0.1) is 0 Å². The molecule has 2 unspecified atom stereocenters. The van der Waals surface area contributed by atoms with Crippen molar-refractivity contribution in [1.82, 2.24) is 9.78 Å². The first-order valence-corrected chi connectivity index (χ1v) is 10.9. The summed E-state index contributed by atoms with van der Waals surface area (Å²) in [6.45, 7) is -0.628. The second kappa shape index (κ2) is 17.7. The smallest absolute Gasteiger partial charge is 0.383 e. The molecule has 0 aliphatic carbocycles. The van der Waals surface area contributed by atoms with E-state index >= 15 is 0 Å². The van der Waals surface area contributed by atoms with E-state index < -0.39 is 51.0 Å². The second-order valence-electron chi connectivity index (χ2n) is 7.44. The van der Waals surface area contributed by atoms with Gasteiger partial charge in [-0.1, -0.05) is 6.08 Å². The Morgan fingerprint density at radius 3 is 2.14 bits per heavy atom. The molecule has 0 fully saturated rings. The van der Waals surface area contributed by atoms with E-state index in [-0.39, 0.29) is 46.2 Å².